The highest BCUT2D eigenvalue weighted by atomic mass is 16.6. The molecule has 0 aliphatic rings. The van der Waals surface area contributed by atoms with Gasteiger partial charge in [-0.2, -0.15) is 0 Å². The number of nitrogens with zero attached hydrogens (tertiary/aromatic N) is 1. The molecule has 0 unspecified atom stereocenters. The third kappa shape index (κ3) is 3.86. The van der Waals surface area contributed by atoms with Crippen molar-refractivity contribution in [3.05, 3.63) is 28.3 Å². The molecule has 0 saturated heterocycles. The minimum absolute atomic E-state index is 0.0386. The number of non-ortho nitro benzene ring substituents is 1. The molecule has 0 bridgehead atoms. The first-order chi connectivity index (χ1) is 8.38. The maximum Gasteiger partial charge on any atom is 0.273 e. The van der Waals surface area contributed by atoms with E-state index >= 15 is 0 Å². The summed E-state index contributed by atoms with van der Waals surface area (Å²) >= 11 is 0. The topological polar surface area (TPSA) is 113 Å². The third-order valence-electron chi connectivity index (χ3n) is 2.51. The maximum atomic E-state index is 10.8. The highest BCUT2D eigenvalue weighted by Gasteiger charge is 2.18. The molecule has 0 fully saturated rings. The first-order valence-corrected chi connectivity index (χ1v) is 5.53. The van der Waals surface area contributed by atoms with Crippen LogP contribution in [0.25, 0.3) is 0 Å². The monoisotopic (exact) mass is 254 g/mol. The number of nitrogens with one attached hydrogen (secondary N) is 2. The lowest BCUT2D eigenvalue weighted by molar-refractivity contribution is -0.384. The molecule has 0 aliphatic carbocycles. The summed E-state index contributed by atoms with van der Waals surface area (Å²) in [6.45, 7) is 3.84. The van der Waals surface area contributed by atoms with Crippen molar-refractivity contribution in [3.8, 4) is 0 Å². The number of rotatable bonds is 6. The van der Waals surface area contributed by atoms with Crippen molar-refractivity contribution < 1.29 is 10.0 Å². The molecule has 100 valence electrons. The smallest absolute Gasteiger partial charge is 0.273 e. The van der Waals surface area contributed by atoms with Gasteiger partial charge in [-0.25, -0.2) is 0 Å². The second kappa shape index (κ2) is 5.65. The van der Waals surface area contributed by atoms with E-state index in [-0.39, 0.29) is 17.8 Å². The predicted octanol–water partition coefficient (Wildman–Crippen LogP) is 1.45. The van der Waals surface area contributed by atoms with E-state index in [1.165, 1.54) is 12.1 Å². The van der Waals surface area contributed by atoms with Gasteiger partial charge in [-0.05, 0) is 26.3 Å². The van der Waals surface area contributed by atoms with Gasteiger partial charge in [-0.3, -0.25) is 16.0 Å². The number of hydrogen-bond acceptors (Lipinski definition) is 6. The summed E-state index contributed by atoms with van der Waals surface area (Å²) in [5.74, 6) is 5.27. The van der Waals surface area contributed by atoms with E-state index in [4.69, 9.17) is 10.9 Å². The number of nitrogen functional groups attached to an aromatic ring is 1. The number of nitro groups is 1. The Kier molecular flexibility index (Phi) is 4.46. The molecule has 18 heavy (non-hydrogen) atoms. The van der Waals surface area contributed by atoms with Gasteiger partial charge in [-0.15, -0.1) is 0 Å². The lowest BCUT2D eigenvalue weighted by atomic mass is 10.0. The highest BCUT2D eigenvalue weighted by molar-refractivity contribution is 5.63. The highest BCUT2D eigenvalue weighted by Crippen LogP contribution is 2.26. The molecule has 0 atom stereocenters. The van der Waals surface area contributed by atoms with Crippen molar-refractivity contribution in [2.75, 3.05) is 17.3 Å². The summed E-state index contributed by atoms with van der Waals surface area (Å²) in [5, 5.41) is 22.9. The van der Waals surface area contributed by atoms with E-state index < -0.39 is 4.92 Å². The van der Waals surface area contributed by atoms with Crippen LogP contribution in [0.3, 0.4) is 0 Å². The minimum Gasteiger partial charge on any atom is -0.396 e. The third-order valence-corrected chi connectivity index (χ3v) is 2.51. The molecule has 0 aromatic heterocycles. The first-order valence-electron chi connectivity index (χ1n) is 5.53. The average molecular weight is 254 g/mol. The molecule has 0 aliphatic heterocycles. The molecule has 5 N–H and O–H groups in total. The normalized spacial score (nSPS) is 11.1. The Balaban J connectivity index is 3.01. The summed E-state index contributed by atoms with van der Waals surface area (Å²) in [4.78, 5) is 10.3. The van der Waals surface area contributed by atoms with Crippen LogP contribution in [0.5, 0.6) is 0 Å². The van der Waals surface area contributed by atoms with Crippen LogP contribution in [0.15, 0.2) is 18.2 Å². The molecule has 0 spiro atoms. The second-order valence-corrected chi connectivity index (χ2v) is 4.65. The minimum atomic E-state index is -0.481. The Morgan fingerprint density at radius 2 is 2.00 bits per heavy atom. The standard InChI is InChI=1S/C11H18N4O3/c1-11(2,3-4-16)13-8-5-9(14-12)7-10(6-8)15(17)18/h5-7,13-14,16H,3-4,12H2,1-2H3. The Morgan fingerprint density at radius 3 is 2.50 bits per heavy atom. The van der Waals surface area contributed by atoms with Gasteiger partial charge >= 0.3 is 0 Å². The van der Waals surface area contributed by atoms with Gasteiger partial charge in [-0.1, -0.05) is 0 Å². The number of aliphatic hydroxyl groups is 1. The van der Waals surface area contributed by atoms with Crippen molar-refractivity contribution in [3.63, 3.8) is 0 Å². The van der Waals surface area contributed by atoms with E-state index in [9.17, 15) is 10.1 Å². The molecule has 7 nitrogen and oxygen atoms in total. The van der Waals surface area contributed by atoms with Crippen LogP contribution in [-0.4, -0.2) is 22.2 Å². The van der Waals surface area contributed by atoms with Crippen LogP contribution in [0, 0.1) is 10.1 Å². The van der Waals surface area contributed by atoms with E-state index in [2.05, 4.69) is 10.7 Å². The first kappa shape index (κ1) is 14.2. The van der Waals surface area contributed by atoms with Gasteiger partial charge < -0.3 is 15.8 Å². The molecule has 0 amide bonds. The SMILES string of the molecule is CC(C)(CCO)Nc1cc(NN)cc([N+](=O)[O-])c1. The van der Waals surface area contributed by atoms with Crippen LogP contribution in [0.2, 0.25) is 0 Å². The Hall–Kier alpha value is -1.86. The predicted molar refractivity (Wildman–Crippen MR) is 70.3 cm³/mol. The van der Waals surface area contributed by atoms with Crippen molar-refractivity contribution in [2.45, 2.75) is 25.8 Å². The van der Waals surface area contributed by atoms with E-state index in [0.29, 0.717) is 17.8 Å². The summed E-state index contributed by atoms with van der Waals surface area (Å²) in [7, 11) is 0. The summed E-state index contributed by atoms with van der Waals surface area (Å²) < 4.78 is 0. The van der Waals surface area contributed by atoms with Gasteiger partial charge in [0.05, 0.1) is 10.6 Å². The molecular formula is C11H18N4O3. The fourth-order valence-electron chi connectivity index (χ4n) is 1.60. The molecule has 1 aromatic rings. The fraction of sp³-hybridized carbons (Fsp3) is 0.455. The molecule has 1 aromatic carbocycles. The second-order valence-electron chi connectivity index (χ2n) is 4.65. The number of nitrogens with two attached hydrogens (primary N) is 1. The summed E-state index contributed by atoms with van der Waals surface area (Å²) in [5.41, 5.74) is 3.00. The van der Waals surface area contributed by atoms with Crippen LogP contribution in [0.1, 0.15) is 20.3 Å². The molecule has 0 radical (unpaired) electrons. The van der Waals surface area contributed by atoms with E-state index in [1.54, 1.807) is 6.07 Å². The van der Waals surface area contributed by atoms with E-state index in [1.807, 2.05) is 13.8 Å². The van der Waals surface area contributed by atoms with Crippen LogP contribution in [-0.2, 0) is 0 Å². The molecular weight excluding hydrogens is 236 g/mol. The summed E-state index contributed by atoms with van der Waals surface area (Å²) in [6.07, 6.45) is 0.529. The zero-order valence-electron chi connectivity index (χ0n) is 10.4. The van der Waals surface area contributed by atoms with Gasteiger partial charge in [0.2, 0.25) is 0 Å². The van der Waals surface area contributed by atoms with Crippen molar-refractivity contribution in [1.82, 2.24) is 0 Å². The molecule has 1 rings (SSSR count). The summed E-state index contributed by atoms with van der Waals surface area (Å²) in [6, 6.07) is 4.45. The molecule has 0 heterocycles. The number of hydrogen-bond donors (Lipinski definition) is 4. The number of nitro benzene ring substituents is 1. The largest absolute Gasteiger partial charge is 0.396 e. The lowest BCUT2D eigenvalue weighted by Gasteiger charge is -2.26. The van der Waals surface area contributed by atoms with Crippen LogP contribution >= 0.6 is 0 Å². The molecule has 0 saturated carbocycles. The Bertz CT molecular complexity index is 434. The van der Waals surface area contributed by atoms with Gasteiger partial charge in [0.1, 0.15) is 0 Å². The van der Waals surface area contributed by atoms with Crippen LogP contribution in [0.4, 0.5) is 17.1 Å². The Labute approximate surface area is 105 Å². The van der Waals surface area contributed by atoms with E-state index in [0.717, 1.165) is 0 Å². The van der Waals surface area contributed by atoms with Crippen LogP contribution < -0.4 is 16.6 Å². The van der Waals surface area contributed by atoms with Gasteiger partial charge in [0.15, 0.2) is 0 Å². The van der Waals surface area contributed by atoms with Crippen molar-refractivity contribution >= 4 is 17.1 Å². The van der Waals surface area contributed by atoms with Gasteiger partial charge in [0.25, 0.3) is 5.69 Å². The number of benzene rings is 1. The number of anilines is 2. The average Bonchev–Trinajstić information content (AvgIpc) is 2.27. The lowest BCUT2D eigenvalue weighted by Crippen LogP contribution is -2.31. The van der Waals surface area contributed by atoms with Gasteiger partial charge in [0, 0.05) is 30.0 Å². The zero-order valence-corrected chi connectivity index (χ0v) is 10.4. The molecule has 7 heteroatoms. The number of aliphatic hydroxyl groups excluding tert-OH is 1. The van der Waals surface area contributed by atoms with Crippen molar-refractivity contribution in [2.24, 2.45) is 5.84 Å². The number of hydrazine groups is 1. The van der Waals surface area contributed by atoms with Crippen molar-refractivity contribution in [1.29, 1.82) is 0 Å². The fourth-order valence-corrected chi connectivity index (χ4v) is 1.60. The zero-order chi connectivity index (χ0) is 13.8. The maximum absolute atomic E-state index is 10.8. The Morgan fingerprint density at radius 1 is 1.39 bits per heavy atom. The quantitative estimate of drug-likeness (QED) is 0.347.